The van der Waals surface area contributed by atoms with Crippen molar-refractivity contribution in [3.05, 3.63) is 0 Å². The molecule has 8 heteroatoms. The molecule has 0 unspecified atom stereocenters. The lowest BCUT2D eigenvalue weighted by Crippen LogP contribution is -2.33. The molecular formula is C6H8N3O4P. The summed E-state index contributed by atoms with van der Waals surface area (Å²) in [5.41, 5.74) is 0.557. The number of hydrogen-bond donors (Lipinski definition) is 2. The number of carboxylic acids is 1. The summed E-state index contributed by atoms with van der Waals surface area (Å²) >= 11 is 0. The van der Waals surface area contributed by atoms with Gasteiger partial charge in [-0.2, -0.15) is 5.09 Å². The van der Waals surface area contributed by atoms with E-state index in [-0.39, 0.29) is 6.42 Å². The van der Waals surface area contributed by atoms with Crippen LogP contribution in [0, 0.1) is 0 Å². The van der Waals surface area contributed by atoms with Crippen LogP contribution in [-0.2, 0) is 13.9 Å². The zero-order valence-corrected chi connectivity index (χ0v) is 7.98. The van der Waals surface area contributed by atoms with E-state index < -0.39 is 19.8 Å². The highest BCUT2D eigenvalue weighted by atomic mass is 31.1. The van der Waals surface area contributed by atoms with Crippen LogP contribution in [0.1, 0.15) is 6.42 Å². The molecule has 76 valence electrons. The highest BCUT2D eigenvalue weighted by molar-refractivity contribution is 7.28. The van der Waals surface area contributed by atoms with Crippen LogP contribution in [-0.4, -0.2) is 35.7 Å². The van der Waals surface area contributed by atoms with E-state index in [0.717, 1.165) is 0 Å². The summed E-state index contributed by atoms with van der Waals surface area (Å²) in [7, 11) is -2.92. The summed E-state index contributed by atoms with van der Waals surface area (Å²) in [6.07, 6.45) is 1.37. The lowest BCUT2D eigenvalue weighted by molar-refractivity contribution is -0.138. The molecule has 2 N–H and O–H groups in total. The van der Waals surface area contributed by atoms with Crippen molar-refractivity contribution in [2.75, 3.05) is 6.54 Å². The third-order valence-corrected chi connectivity index (χ3v) is 2.12. The summed E-state index contributed by atoms with van der Waals surface area (Å²) in [6, 6.07) is -1.16. The minimum atomic E-state index is -2.92. The lowest BCUT2D eigenvalue weighted by atomic mass is 10.1. The Morgan fingerprint density at radius 3 is 2.86 bits per heavy atom. The molecule has 0 aromatic heterocycles. The topological polar surface area (TPSA) is 108 Å². The fraction of sp³-hybridized carbons (Fsp3) is 0.500. The van der Waals surface area contributed by atoms with Gasteiger partial charge >= 0.3 is 13.8 Å². The lowest BCUT2D eigenvalue weighted by Gasteiger charge is -2.07. The second-order valence-corrected chi connectivity index (χ2v) is 3.41. The average Bonchev–Trinajstić information content (AvgIpc) is 2.54. The van der Waals surface area contributed by atoms with Gasteiger partial charge in [0.15, 0.2) is 0 Å². The Morgan fingerprint density at radius 2 is 2.43 bits per heavy atom. The van der Waals surface area contributed by atoms with E-state index >= 15 is 0 Å². The van der Waals surface area contributed by atoms with Crippen LogP contribution in [0.4, 0.5) is 0 Å². The molecule has 7 nitrogen and oxygen atoms in total. The van der Waals surface area contributed by atoms with E-state index in [0.29, 0.717) is 12.3 Å². The molecule has 0 radical (unpaired) electrons. The number of aliphatic imine (C=N–C) groups is 2. The molecule has 1 heterocycles. The molecule has 0 spiro atoms. The monoisotopic (exact) mass is 217 g/mol. The Hall–Kier alpha value is -1.33. The molecule has 0 saturated carbocycles. The molecule has 1 rings (SSSR count). The van der Waals surface area contributed by atoms with E-state index in [2.05, 4.69) is 9.98 Å². The molecule has 0 saturated heterocycles. The second kappa shape index (κ2) is 4.78. The van der Waals surface area contributed by atoms with Gasteiger partial charge in [0.05, 0.1) is 6.54 Å². The average molecular weight is 217 g/mol. The van der Waals surface area contributed by atoms with E-state index in [9.17, 15) is 13.9 Å². The molecule has 1 aliphatic heterocycles. The Kier molecular flexibility index (Phi) is 3.67. The Morgan fingerprint density at radius 1 is 1.71 bits per heavy atom. The van der Waals surface area contributed by atoms with Gasteiger partial charge in [-0.15, -0.1) is 0 Å². The standard InChI is InChI=1S/C6H8N3O4P/c10-6(11)5(9-14(12)13)1-4-2-7-3-8-4/h3,5H,1-2H2,(H,10,11)(H,9,12,13)/t5-/m0/s1. The Labute approximate surface area is 79.8 Å². The first-order valence-corrected chi connectivity index (χ1v) is 4.94. The minimum Gasteiger partial charge on any atom is -0.480 e. The minimum absolute atomic E-state index is 0.0403. The predicted octanol–water partition coefficient (Wildman–Crippen LogP) is -0.00990. The van der Waals surface area contributed by atoms with Crippen molar-refractivity contribution in [1.82, 2.24) is 5.09 Å². The van der Waals surface area contributed by atoms with Gasteiger partial charge in [0.25, 0.3) is 0 Å². The van der Waals surface area contributed by atoms with Crippen LogP contribution in [0.15, 0.2) is 9.98 Å². The summed E-state index contributed by atoms with van der Waals surface area (Å²) in [5.74, 6) is -1.22. The van der Waals surface area contributed by atoms with Crippen LogP contribution in [0.25, 0.3) is 0 Å². The van der Waals surface area contributed by atoms with Crippen LogP contribution >= 0.6 is 7.83 Å². The van der Waals surface area contributed by atoms with Gasteiger partial charge < -0.3 is 5.11 Å². The number of rotatable bonds is 5. The third-order valence-electron chi connectivity index (χ3n) is 1.59. The van der Waals surface area contributed by atoms with Gasteiger partial charge in [-0.05, 0) is 0 Å². The maximum atomic E-state index is 10.6. The maximum Gasteiger partial charge on any atom is 0.396 e. The molecule has 1 atom stereocenters. The van der Waals surface area contributed by atoms with Gasteiger partial charge in [-0.25, -0.2) is 14.1 Å². The van der Waals surface area contributed by atoms with Gasteiger partial charge in [-0.1, -0.05) is 0 Å². The first-order valence-electron chi connectivity index (χ1n) is 3.77. The molecule has 0 aromatic carbocycles. The van der Waals surface area contributed by atoms with E-state index in [4.69, 9.17) is 5.11 Å². The fourth-order valence-electron chi connectivity index (χ4n) is 0.978. The zero-order valence-electron chi connectivity index (χ0n) is 7.08. The molecule has 0 fully saturated rings. The molecular weight excluding hydrogens is 209 g/mol. The van der Waals surface area contributed by atoms with Crippen molar-refractivity contribution in [3.8, 4) is 0 Å². The molecule has 0 amide bonds. The maximum absolute atomic E-state index is 10.6. The van der Waals surface area contributed by atoms with E-state index in [1.165, 1.54) is 6.34 Å². The number of nitrogens with zero attached hydrogens (tertiary/aromatic N) is 2. The van der Waals surface area contributed by atoms with Crippen molar-refractivity contribution in [2.45, 2.75) is 12.5 Å². The first kappa shape index (κ1) is 10.7. The summed E-state index contributed by atoms with van der Waals surface area (Å²) < 4.78 is 20.6. The Bertz CT molecular complexity index is 352. The SMILES string of the molecule is O=C(O)[C@H](CC1=NC=NC1)NP(=O)=O. The molecule has 0 aromatic rings. The highest BCUT2D eigenvalue weighted by Gasteiger charge is 2.21. The van der Waals surface area contributed by atoms with Crippen molar-refractivity contribution in [1.29, 1.82) is 0 Å². The van der Waals surface area contributed by atoms with Gasteiger partial charge in [0.1, 0.15) is 12.4 Å². The summed E-state index contributed by atoms with van der Waals surface area (Å²) in [4.78, 5) is 18.1. The highest BCUT2D eigenvalue weighted by Crippen LogP contribution is 2.05. The first-order chi connectivity index (χ1) is 6.59. The van der Waals surface area contributed by atoms with Crippen molar-refractivity contribution in [2.24, 2.45) is 9.98 Å². The van der Waals surface area contributed by atoms with Crippen molar-refractivity contribution < 1.29 is 19.0 Å². The van der Waals surface area contributed by atoms with Crippen LogP contribution in [0.2, 0.25) is 0 Å². The number of nitrogens with one attached hydrogen (secondary N) is 1. The van der Waals surface area contributed by atoms with E-state index in [1.54, 1.807) is 0 Å². The molecule has 1 aliphatic rings. The van der Waals surface area contributed by atoms with Crippen LogP contribution < -0.4 is 5.09 Å². The second-order valence-electron chi connectivity index (χ2n) is 2.63. The van der Waals surface area contributed by atoms with Crippen molar-refractivity contribution >= 4 is 25.9 Å². The largest absolute Gasteiger partial charge is 0.480 e. The van der Waals surface area contributed by atoms with E-state index in [1.807, 2.05) is 5.09 Å². The van der Waals surface area contributed by atoms with Crippen molar-refractivity contribution in [3.63, 3.8) is 0 Å². The molecule has 14 heavy (non-hydrogen) atoms. The fourth-order valence-corrected chi connectivity index (χ4v) is 1.43. The smallest absolute Gasteiger partial charge is 0.396 e. The number of hydrogen-bond acceptors (Lipinski definition) is 5. The molecule has 0 bridgehead atoms. The number of aliphatic carboxylic acids is 1. The van der Waals surface area contributed by atoms with Gasteiger partial charge in [-0.3, -0.25) is 9.79 Å². The molecule has 0 aliphatic carbocycles. The normalized spacial score (nSPS) is 16.4. The third kappa shape index (κ3) is 3.20. The van der Waals surface area contributed by atoms with Gasteiger partial charge in [0, 0.05) is 12.1 Å². The van der Waals surface area contributed by atoms with Gasteiger partial charge in [0.2, 0.25) is 0 Å². The van der Waals surface area contributed by atoms with Crippen LogP contribution in [0.3, 0.4) is 0 Å². The number of carboxylic acid groups (broad SMARTS) is 1. The van der Waals surface area contributed by atoms with Crippen LogP contribution in [0.5, 0.6) is 0 Å². The number of carbonyl (C=O) groups is 1. The summed E-state index contributed by atoms with van der Waals surface area (Å²) in [5, 5.41) is 10.6. The Balaban J connectivity index is 2.55. The quantitative estimate of drug-likeness (QED) is 0.629. The zero-order chi connectivity index (χ0) is 10.6. The predicted molar refractivity (Wildman–Crippen MR) is 48.3 cm³/mol. The summed E-state index contributed by atoms with van der Waals surface area (Å²) in [6.45, 7) is 0.334.